The zero-order chi connectivity index (χ0) is 41.0. The third-order valence-corrected chi connectivity index (χ3v) is 9.99. The third kappa shape index (κ3) is 11.9. The number of hydrogen-bond acceptors (Lipinski definition) is 9. The lowest BCUT2D eigenvalue weighted by Gasteiger charge is -2.47. The first-order valence-corrected chi connectivity index (χ1v) is 19.6. The summed E-state index contributed by atoms with van der Waals surface area (Å²) in [5.41, 5.74) is 0.972. The van der Waals surface area contributed by atoms with Gasteiger partial charge in [-0.2, -0.15) is 0 Å². The topological polar surface area (TPSA) is 155 Å². The largest absolute Gasteiger partial charge is 0.467 e. The van der Waals surface area contributed by atoms with Crippen molar-refractivity contribution in [2.45, 2.75) is 110 Å². The predicted molar refractivity (Wildman–Crippen MR) is 209 cm³/mol. The molecule has 0 aliphatic carbocycles. The van der Waals surface area contributed by atoms with E-state index in [1.54, 1.807) is 37.5 Å². The molecule has 0 saturated carbocycles. The summed E-state index contributed by atoms with van der Waals surface area (Å²) in [5.74, 6) is -1.65. The quantitative estimate of drug-likeness (QED) is 0.153. The number of carbonyl (C=O) groups excluding carboxylic acids is 6. The van der Waals surface area contributed by atoms with Crippen LogP contribution in [-0.2, 0) is 46.4 Å². The van der Waals surface area contributed by atoms with E-state index in [4.69, 9.17) is 14.2 Å². The summed E-state index contributed by atoms with van der Waals surface area (Å²) in [4.78, 5) is 87.8. The molecule has 14 nitrogen and oxygen atoms in total. The fraction of sp³-hybridized carbons (Fsp3) is 0.571. The summed E-state index contributed by atoms with van der Waals surface area (Å²) in [6, 6.07) is 15.1. The number of amides is 5. The number of unbranched alkanes of at least 4 members (excludes halogenated alkanes) is 1. The van der Waals surface area contributed by atoms with Gasteiger partial charge in [0.25, 0.3) is 0 Å². The van der Waals surface area contributed by atoms with Gasteiger partial charge in [-0.25, -0.2) is 14.4 Å². The molecule has 56 heavy (non-hydrogen) atoms. The van der Waals surface area contributed by atoms with Crippen molar-refractivity contribution in [1.29, 1.82) is 0 Å². The van der Waals surface area contributed by atoms with E-state index < -0.39 is 47.9 Å². The van der Waals surface area contributed by atoms with Crippen molar-refractivity contribution >= 4 is 35.9 Å². The molecule has 0 spiro atoms. The molecule has 4 atom stereocenters. The van der Waals surface area contributed by atoms with E-state index in [0.29, 0.717) is 19.3 Å². The number of esters is 1. The molecule has 14 heteroatoms. The van der Waals surface area contributed by atoms with E-state index in [0.717, 1.165) is 11.1 Å². The molecule has 306 valence electrons. The van der Waals surface area contributed by atoms with Crippen LogP contribution in [-0.4, -0.2) is 125 Å². The number of piperazine rings is 2. The van der Waals surface area contributed by atoms with E-state index in [-0.39, 0.29) is 75.8 Å². The SMILES string of the molecule is COC(=O)[C@H](Cc1ccccc1)N1CCN(C(=O)[C@H](CC(C)C)N2CCN(C(=O)OC(C)(C)C)[C@@H](C)C2=O)[C@@H](CCCCNC(=O)OCc2ccccc2)C1=O. The number of benzene rings is 2. The fourth-order valence-electron chi connectivity index (χ4n) is 7.15. The van der Waals surface area contributed by atoms with Gasteiger partial charge in [0.05, 0.1) is 7.11 Å². The maximum Gasteiger partial charge on any atom is 0.411 e. The van der Waals surface area contributed by atoms with Crippen molar-refractivity contribution in [3.05, 3.63) is 71.8 Å². The van der Waals surface area contributed by atoms with Gasteiger partial charge in [0.1, 0.15) is 36.4 Å². The molecular formula is C42H59N5O9. The average Bonchev–Trinajstić information content (AvgIpc) is 3.16. The van der Waals surface area contributed by atoms with Gasteiger partial charge in [-0.05, 0) is 70.4 Å². The Morgan fingerprint density at radius 2 is 1.39 bits per heavy atom. The molecule has 2 aromatic carbocycles. The number of carbonyl (C=O) groups is 6. The Bertz CT molecular complexity index is 1650. The Kier molecular flexibility index (Phi) is 15.7. The lowest BCUT2D eigenvalue weighted by Crippen LogP contribution is -2.67. The number of alkyl carbamates (subject to hydrolysis) is 1. The van der Waals surface area contributed by atoms with Crippen LogP contribution < -0.4 is 5.32 Å². The molecule has 2 aliphatic rings. The minimum Gasteiger partial charge on any atom is -0.467 e. The second-order valence-electron chi connectivity index (χ2n) is 15.8. The number of ether oxygens (including phenoxy) is 3. The van der Waals surface area contributed by atoms with Gasteiger partial charge < -0.3 is 34.2 Å². The van der Waals surface area contributed by atoms with E-state index >= 15 is 0 Å². The molecule has 4 rings (SSSR count). The van der Waals surface area contributed by atoms with Crippen LogP contribution in [0.15, 0.2) is 60.7 Å². The summed E-state index contributed by atoms with van der Waals surface area (Å²) >= 11 is 0. The lowest BCUT2D eigenvalue weighted by atomic mass is 9.95. The van der Waals surface area contributed by atoms with Crippen molar-refractivity contribution < 1.29 is 43.0 Å². The molecule has 2 fully saturated rings. The van der Waals surface area contributed by atoms with Crippen LogP contribution in [0.4, 0.5) is 9.59 Å². The summed E-state index contributed by atoms with van der Waals surface area (Å²) < 4.78 is 16.0. The zero-order valence-electron chi connectivity index (χ0n) is 33.9. The Balaban J connectivity index is 1.53. The van der Waals surface area contributed by atoms with Crippen molar-refractivity contribution in [1.82, 2.24) is 24.9 Å². The highest BCUT2D eigenvalue weighted by atomic mass is 16.6. The first-order chi connectivity index (χ1) is 26.6. The smallest absolute Gasteiger partial charge is 0.411 e. The van der Waals surface area contributed by atoms with E-state index in [9.17, 15) is 28.8 Å². The van der Waals surface area contributed by atoms with Gasteiger partial charge >= 0.3 is 18.2 Å². The molecule has 5 amide bonds. The summed E-state index contributed by atoms with van der Waals surface area (Å²) in [6.45, 7) is 11.8. The Hall–Kier alpha value is -5.14. The van der Waals surface area contributed by atoms with E-state index in [1.165, 1.54) is 16.9 Å². The van der Waals surface area contributed by atoms with Gasteiger partial charge in [0.15, 0.2) is 0 Å². The van der Waals surface area contributed by atoms with Crippen LogP contribution in [0.2, 0.25) is 0 Å². The first-order valence-electron chi connectivity index (χ1n) is 19.6. The fourth-order valence-corrected chi connectivity index (χ4v) is 7.15. The van der Waals surface area contributed by atoms with Crippen molar-refractivity contribution in [3.63, 3.8) is 0 Å². The highest BCUT2D eigenvalue weighted by molar-refractivity contribution is 5.96. The van der Waals surface area contributed by atoms with Crippen LogP contribution in [0.3, 0.4) is 0 Å². The van der Waals surface area contributed by atoms with E-state index in [2.05, 4.69) is 5.32 Å². The summed E-state index contributed by atoms with van der Waals surface area (Å²) in [7, 11) is 1.29. The molecule has 2 aromatic rings. The number of nitrogens with one attached hydrogen (secondary N) is 1. The highest BCUT2D eigenvalue weighted by Crippen LogP contribution is 2.27. The Morgan fingerprint density at radius 1 is 0.804 bits per heavy atom. The Morgan fingerprint density at radius 3 is 1.98 bits per heavy atom. The van der Waals surface area contributed by atoms with Gasteiger partial charge in [-0.3, -0.25) is 19.3 Å². The van der Waals surface area contributed by atoms with Crippen LogP contribution in [0, 0.1) is 5.92 Å². The average molecular weight is 778 g/mol. The molecule has 2 saturated heterocycles. The molecule has 2 aliphatic heterocycles. The molecule has 1 N–H and O–H groups in total. The van der Waals surface area contributed by atoms with Crippen LogP contribution >= 0.6 is 0 Å². The Labute approximate surface area is 330 Å². The van der Waals surface area contributed by atoms with Crippen LogP contribution in [0.25, 0.3) is 0 Å². The minimum atomic E-state index is -0.936. The normalized spacial score (nSPS) is 18.7. The van der Waals surface area contributed by atoms with Gasteiger partial charge in [0, 0.05) is 39.1 Å². The van der Waals surface area contributed by atoms with Crippen LogP contribution in [0.1, 0.15) is 78.4 Å². The maximum absolute atomic E-state index is 14.8. The van der Waals surface area contributed by atoms with Crippen molar-refractivity contribution in [3.8, 4) is 0 Å². The summed E-state index contributed by atoms with van der Waals surface area (Å²) in [6.07, 6.45) is 0.642. The molecular weight excluding hydrogens is 718 g/mol. The molecule has 0 aromatic heterocycles. The molecule has 0 unspecified atom stereocenters. The number of rotatable bonds is 15. The van der Waals surface area contributed by atoms with Gasteiger partial charge in [0.2, 0.25) is 17.7 Å². The first kappa shape index (κ1) is 43.6. The second kappa shape index (κ2) is 20.1. The number of hydrogen-bond donors (Lipinski definition) is 1. The highest BCUT2D eigenvalue weighted by Gasteiger charge is 2.47. The molecule has 0 bridgehead atoms. The third-order valence-electron chi connectivity index (χ3n) is 9.99. The summed E-state index contributed by atoms with van der Waals surface area (Å²) in [5, 5.41) is 2.75. The monoisotopic (exact) mass is 777 g/mol. The number of nitrogens with zero attached hydrogens (tertiary/aromatic N) is 4. The van der Waals surface area contributed by atoms with Gasteiger partial charge in [-0.15, -0.1) is 0 Å². The van der Waals surface area contributed by atoms with E-state index in [1.807, 2.05) is 74.5 Å². The predicted octanol–water partition coefficient (Wildman–Crippen LogP) is 4.79. The minimum absolute atomic E-state index is 0.0219. The zero-order valence-corrected chi connectivity index (χ0v) is 33.9. The second-order valence-corrected chi connectivity index (χ2v) is 15.8. The van der Waals surface area contributed by atoms with Crippen molar-refractivity contribution in [2.75, 3.05) is 39.8 Å². The van der Waals surface area contributed by atoms with Gasteiger partial charge in [-0.1, -0.05) is 74.5 Å². The standard InChI is InChI=1S/C42H59N5O9/c1-29(2)26-34(46-23-22-44(30(3)36(46)48)41(53)56-42(4,5)6)38(50)45-24-25-47(35(39(51)54-7)27-31-16-10-8-11-17-31)37(49)33(45)20-14-15-21-43-40(52)55-28-32-18-12-9-13-19-32/h8-13,16-19,29-30,33-35H,14-15,20-28H2,1-7H3,(H,43,52)/t30-,33-,34-,35-/m0/s1. The van der Waals surface area contributed by atoms with Crippen molar-refractivity contribution in [2.24, 2.45) is 5.92 Å². The molecule has 2 heterocycles. The lowest BCUT2D eigenvalue weighted by molar-refractivity contribution is -0.165. The maximum atomic E-state index is 14.8. The van der Waals surface area contributed by atoms with Crippen LogP contribution in [0.5, 0.6) is 0 Å². The molecule has 0 radical (unpaired) electrons. The number of methoxy groups -OCH3 is 1.